The number of hydrogen-bond donors (Lipinski definition) is 0. The van der Waals surface area contributed by atoms with E-state index in [4.69, 9.17) is 39.2 Å². The summed E-state index contributed by atoms with van der Waals surface area (Å²) in [5.74, 6) is 0.634. The van der Waals surface area contributed by atoms with Gasteiger partial charge in [0.1, 0.15) is 5.75 Å². The lowest BCUT2D eigenvalue weighted by Gasteiger charge is -2.16. The fourth-order valence-electron chi connectivity index (χ4n) is 1.27. The third-order valence-electron chi connectivity index (χ3n) is 1.87. The van der Waals surface area contributed by atoms with Gasteiger partial charge in [0, 0.05) is 5.56 Å². The van der Waals surface area contributed by atoms with Crippen LogP contribution in [0.25, 0.3) is 0 Å². The summed E-state index contributed by atoms with van der Waals surface area (Å²) in [6.45, 7) is 7.74. The molecule has 0 aliphatic heterocycles. The normalized spacial score (nSPS) is 10.6. The molecular formula is C11H12Cl3OSi. The van der Waals surface area contributed by atoms with E-state index in [0.717, 1.165) is 5.56 Å². The highest BCUT2D eigenvalue weighted by atomic mass is 35.5. The van der Waals surface area contributed by atoms with E-state index in [0.29, 0.717) is 27.2 Å². The quantitative estimate of drug-likeness (QED) is 0.431. The Bertz CT molecular complexity index is 405. The molecule has 0 heterocycles. The van der Waals surface area contributed by atoms with E-state index < -0.39 is 9.04 Å². The molecule has 0 bridgehead atoms. The van der Waals surface area contributed by atoms with Gasteiger partial charge in [0.15, 0.2) is 0 Å². The van der Waals surface area contributed by atoms with Gasteiger partial charge in [0.05, 0.1) is 15.1 Å². The van der Waals surface area contributed by atoms with E-state index in [1.165, 1.54) is 0 Å². The van der Waals surface area contributed by atoms with Crippen molar-refractivity contribution < 1.29 is 4.43 Å². The first-order valence-electron chi connectivity index (χ1n) is 4.72. The van der Waals surface area contributed by atoms with Gasteiger partial charge in [-0.2, -0.15) is 0 Å². The zero-order chi connectivity index (χ0) is 12.3. The van der Waals surface area contributed by atoms with E-state index in [2.05, 4.69) is 6.58 Å². The lowest BCUT2D eigenvalue weighted by atomic mass is 10.1. The Kier molecular flexibility index (Phi) is 5.19. The standard InChI is InChI=1S/C11H12Cl3OSi/c1-4-5-7-10(14)8(12)6-9(13)11(7)15-16(2)3/h4,6H,1,5H2,2-3H3. The maximum atomic E-state index is 6.13. The van der Waals surface area contributed by atoms with Crippen molar-refractivity contribution in [2.45, 2.75) is 19.5 Å². The lowest BCUT2D eigenvalue weighted by molar-refractivity contribution is 0.574. The van der Waals surface area contributed by atoms with Crippen molar-refractivity contribution in [3.05, 3.63) is 39.4 Å². The Hall–Kier alpha value is -0.153. The minimum atomic E-state index is -0.899. The monoisotopic (exact) mass is 293 g/mol. The molecule has 0 saturated heterocycles. The largest absolute Gasteiger partial charge is 0.541 e. The second-order valence-corrected chi connectivity index (χ2v) is 6.68. The van der Waals surface area contributed by atoms with Crippen LogP contribution in [0, 0.1) is 0 Å². The second kappa shape index (κ2) is 5.96. The first kappa shape index (κ1) is 13.9. The summed E-state index contributed by atoms with van der Waals surface area (Å²) in [6.07, 6.45) is 2.34. The molecule has 0 aliphatic carbocycles. The molecule has 0 aromatic heterocycles. The van der Waals surface area contributed by atoms with Crippen LogP contribution in [0.1, 0.15) is 5.56 Å². The molecule has 1 aromatic carbocycles. The molecule has 0 amide bonds. The van der Waals surface area contributed by atoms with Crippen LogP contribution < -0.4 is 4.43 Å². The number of rotatable bonds is 4. The van der Waals surface area contributed by atoms with Gasteiger partial charge in [-0.05, 0) is 25.6 Å². The van der Waals surface area contributed by atoms with Gasteiger partial charge in [0.2, 0.25) is 0 Å². The number of allylic oxidation sites excluding steroid dienone is 1. The molecule has 16 heavy (non-hydrogen) atoms. The van der Waals surface area contributed by atoms with Crippen LogP contribution in [0.15, 0.2) is 18.7 Å². The zero-order valence-electron chi connectivity index (χ0n) is 9.11. The van der Waals surface area contributed by atoms with E-state index in [1.807, 2.05) is 13.1 Å². The molecule has 0 fully saturated rings. The maximum Gasteiger partial charge on any atom is 0.274 e. The third kappa shape index (κ3) is 3.17. The topological polar surface area (TPSA) is 9.23 Å². The Labute approximate surface area is 113 Å². The molecule has 0 N–H and O–H groups in total. The van der Waals surface area contributed by atoms with Gasteiger partial charge in [-0.15, -0.1) is 6.58 Å². The molecule has 87 valence electrons. The first-order chi connectivity index (χ1) is 7.47. The van der Waals surface area contributed by atoms with Crippen molar-refractivity contribution in [3.8, 4) is 5.75 Å². The summed E-state index contributed by atoms with van der Waals surface area (Å²) >= 11 is 18.2. The van der Waals surface area contributed by atoms with Crippen molar-refractivity contribution >= 4 is 43.8 Å². The Morgan fingerprint density at radius 1 is 1.31 bits per heavy atom. The summed E-state index contributed by atoms with van der Waals surface area (Å²) in [6, 6.07) is 1.61. The van der Waals surface area contributed by atoms with Gasteiger partial charge >= 0.3 is 0 Å². The molecule has 1 aromatic rings. The van der Waals surface area contributed by atoms with Gasteiger partial charge in [-0.25, -0.2) is 0 Å². The molecule has 0 aliphatic rings. The molecule has 0 atom stereocenters. The van der Waals surface area contributed by atoms with Gasteiger partial charge in [-0.3, -0.25) is 0 Å². The zero-order valence-corrected chi connectivity index (χ0v) is 12.4. The Morgan fingerprint density at radius 3 is 2.44 bits per heavy atom. The minimum absolute atomic E-state index is 0.442. The summed E-state index contributed by atoms with van der Waals surface area (Å²) in [7, 11) is -0.899. The van der Waals surface area contributed by atoms with Crippen LogP contribution in [-0.4, -0.2) is 9.04 Å². The predicted molar refractivity (Wildman–Crippen MR) is 73.5 cm³/mol. The molecule has 1 nitrogen and oxygen atoms in total. The molecule has 0 unspecified atom stereocenters. The highest BCUT2D eigenvalue weighted by Gasteiger charge is 2.16. The van der Waals surface area contributed by atoms with E-state index >= 15 is 0 Å². The molecule has 5 heteroatoms. The van der Waals surface area contributed by atoms with Gasteiger partial charge in [0.25, 0.3) is 9.04 Å². The smallest absolute Gasteiger partial charge is 0.274 e. The molecule has 1 radical (unpaired) electrons. The number of benzene rings is 1. The molecule has 0 spiro atoms. The summed E-state index contributed by atoms with van der Waals surface area (Å²) in [5, 5.41) is 1.43. The van der Waals surface area contributed by atoms with E-state index in [9.17, 15) is 0 Å². The average molecular weight is 295 g/mol. The van der Waals surface area contributed by atoms with Crippen LogP contribution in [0.4, 0.5) is 0 Å². The highest BCUT2D eigenvalue weighted by molar-refractivity contribution is 6.50. The van der Waals surface area contributed by atoms with Crippen molar-refractivity contribution in [3.63, 3.8) is 0 Å². The minimum Gasteiger partial charge on any atom is -0.541 e. The first-order valence-corrected chi connectivity index (χ1v) is 8.26. The fraction of sp³-hybridized carbons (Fsp3) is 0.273. The Morgan fingerprint density at radius 2 is 1.94 bits per heavy atom. The Balaban J connectivity index is 3.31. The van der Waals surface area contributed by atoms with Crippen molar-refractivity contribution in [2.24, 2.45) is 0 Å². The fourth-order valence-corrected chi connectivity index (χ4v) is 2.73. The molecular weight excluding hydrogens is 283 g/mol. The molecule has 1 rings (SSSR count). The van der Waals surface area contributed by atoms with Crippen LogP contribution in [0.3, 0.4) is 0 Å². The van der Waals surface area contributed by atoms with Crippen LogP contribution in [-0.2, 0) is 6.42 Å². The van der Waals surface area contributed by atoms with Crippen LogP contribution in [0.5, 0.6) is 5.75 Å². The van der Waals surface area contributed by atoms with E-state index in [-0.39, 0.29) is 0 Å². The number of hydrogen-bond acceptors (Lipinski definition) is 1. The third-order valence-corrected chi connectivity index (χ3v) is 3.59. The highest BCUT2D eigenvalue weighted by Crippen LogP contribution is 2.39. The van der Waals surface area contributed by atoms with Gasteiger partial charge in [-0.1, -0.05) is 40.9 Å². The number of halogens is 3. The maximum absolute atomic E-state index is 6.13. The lowest BCUT2D eigenvalue weighted by Crippen LogP contribution is -2.13. The van der Waals surface area contributed by atoms with Crippen molar-refractivity contribution in [2.75, 3.05) is 0 Å². The molecule has 0 saturated carbocycles. The van der Waals surface area contributed by atoms with Crippen molar-refractivity contribution in [1.82, 2.24) is 0 Å². The second-order valence-electron chi connectivity index (χ2n) is 3.46. The summed E-state index contributed by atoms with van der Waals surface area (Å²) in [5.41, 5.74) is 0.806. The SMILES string of the molecule is C=CCc1c(Cl)c(Cl)cc(Cl)c1O[Si](C)C. The summed E-state index contributed by atoms with van der Waals surface area (Å²) in [4.78, 5) is 0. The van der Waals surface area contributed by atoms with Crippen LogP contribution in [0.2, 0.25) is 28.2 Å². The predicted octanol–water partition coefficient (Wildman–Crippen LogP) is 5.01. The average Bonchev–Trinajstić information content (AvgIpc) is 2.19. The summed E-state index contributed by atoms with van der Waals surface area (Å²) < 4.78 is 5.74. The van der Waals surface area contributed by atoms with Crippen LogP contribution >= 0.6 is 34.8 Å². The van der Waals surface area contributed by atoms with E-state index in [1.54, 1.807) is 12.1 Å². The van der Waals surface area contributed by atoms with Crippen molar-refractivity contribution in [1.29, 1.82) is 0 Å². The van der Waals surface area contributed by atoms with Gasteiger partial charge < -0.3 is 4.43 Å².